The molecular weight excluding hydrogens is 750 g/mol. The lowest BCUT2D eigenvalue weighted by Crippen LogP contribution is -2.44. The zero-order valence-corrected chi connectivity index (χ0v) is 38.6. The molecule has 0 saturated carbocycles. The number of carbonyl (C=O) groups excluding carboxylic acids is 2. The highest BCUT2D eigenvalue weighted by atomic mass is 19.4. The first-order chi connectivity index (χ1) is 28.6. The van der Waals surface area contributed by atoms with Crippen LogP contribution >= 0.6 is 0 Å². The van der Waals surface area contributed by atoms with Crippen molar-refractivity contribution in [1.29, 1.82) is 0 Å². The van der Waals surface area contributed by atoms with Crippen molar-refractivity contribution in [1.82, 2.24) is 14.7 Å². The van der Waals surface area contributed by atoms with Crippen molar-refractivity contribution in [3.05, 3.63) is 101 Å². The summed E-state index contributed by atoms with van der Waals surface area (Å²) in [5.41, 5.74) is 5.29. The largest absolute Gasteiger partial charge is 0.497 e. The number of rotatable bonds is 14. The summed E-state index contributed by atoms with van der Waals surface area (Å²) in [5, 5.41) is 0. The molecule has 3 aromatic carbocycles. The number of hydrogen-bond donors (Lipinski definition) is 0. The molecular formula is C49H75F3N4O3. The number of allylic oxidation sites excluding steroid dienone is 1. The molecule has 1 aliphatic heterocycles. The van der Waals surface area contributed by atoms with E-state index in [-0.39, 0.29) is 18.4 Å². The average molecular weight is 825 g/mol. The number of methoxy groups -OCH3 is 1. The number of benzene rings is 3. The predicted octanol–water partition coefficient (Wildman–Crippen LogP) is 12.5. The first-order valence-electron chi connectivity index (χ1n) is 22.0. The van der Waals surface area contributed by atoms with E-state index in [1.807, 2.05) is 123 Å². The van der Waals surface area contributed by atoms with Crippen LogP contribution in [0, 0.1) is 0 Å². The van der Waals surface area contributed by atoms with Crippen LogP contribution in [0.3, 0.4) is 0 Å². The molecule has 5 rings (SSSR count). The van der Waals surface area contributed by atoms with E-state index in [1.54, 1.807) is 7.11 Å². The molecule has 0 aromatic heterocycles. The van der Waals surface area contributed by atoms with Crippen LogP contribution in [0.2, 0.25) is 0 Å². The Labute approximate surface area is 355 Å². The summed E-state index contributed by atoms with van der Waals surface area (Å²) in [7, 11) is 1.64. The fourth-order valence-electron chi connectivity index (χ4n) is 6.47. The normalized spacial score (nSPS) is 12.9. The van der Waals surface area contributed by atoms with Crippen LogP contribution in [0.15, 0.2) is 89.1 Å². The van der Waals surface area contributed by atoms with E-state index < -0.39 is 11.7 Å². The van der Waals surface area contributed by atoms with Gasteiger partial charge in [-0.1, -0.05) is 132 Å². The van der Waals surface area contributed by atoms with Crippen LogP contribution in [0.4, 0.5) is 13.2 Å². The third-order valence-corrected chi connectivity index (χ3v) is 9.46. The quantitative estimate of drug-likeness (QED) is 0.162. The van der Waals surface area contributed by atoms with E-state index in [9.17, 15) is 22.8 Å². The molecule has 0 N–H and O–H groups in total. The molecule has 2 amide bonds. The number of likely N-dealkylation sites (N-methyl/N-ethyl adjacent to an activating group) is 1. The summed E-state index contributed by atoms with van der Waals surface area (Å²) in [6.07, 6.45) is -0.754. The zero-order chi connectivity index (χ0) is 45.0. The molecule has 7 nitrogen and oxygen atoms in total. The van der Waals surface area contributed by atoms with Crippen molar-refractivity contribution in [2.24, 2.45) is 4.99 Å². The van der Waals surface area contributed by atoms with Gasteiger partial charge in [-0.05, 0) is 91.7 Å². The van der Waals surface area contributed by atoms with E-state index in [4.69, 9.17) is 4.74 Å². The third-order valence-electron chi connectivity index (χ3n) is 9.46. The first-order valence-corrected chi connectivity index (χ1v) is 22.0. The number of amides is 2. The molecule has 1 aliphatic carbocycles. The Morgan fingerprint density at radius 3 is 1.76 bits per heavy atom. The van der Waals surface area contributed by atoms with E-state index in [0.717, 1.165) is 90.5 Å². The van der Waals surface area contributed by atoms with Gasteiger partial charge < -0.3 is 19.4 Å². The maximum atomic E-state index is 14.1. The maximum absolute atomic E-state index is 14.1. The Bertz CT molecular complexity index is 1650. The molecule has 0 spiro atoms. The van der Waals surface area contributed by atoms with E-state index in [1.165, 1.54) is 12.1 Å². The van der Waals surface area contributed by atoms with Crippen molar-refractivity contribution in [2.45, 2.75) is 128 Å². The minimum Gasteiger partial charge on any atom is -0.497 e. The van der Waals surface area contributed by atoms with Gasteiger partial charge in [0, 0.05) is 36.6 Å². The van der Waals surface area contributed by atoms with Gasteiger partial charge in [0.25, 0.3) is 5.91 Å². The topological polar surface area (TPSA) is 65.4 Å². The van der Waals surface area contributed by atoms with Gasteiger partial charge in [-0.2, -0.15) is 13.2 Å². The van der Waals surface area contributed by atoms with E-state index >= 15 is 0 Å². The zero-order valence-electron chi connectivity index (χ0n) is 38.6. The fourth-order valence-corrected chi connectivity index (χ4v) is 6.47. The van der Waals surface area contributed by atoms with Gasteiger partial charge in [0.1, 0.15) is 5.75 Å². The lowest BCUT2D eigenvalue weighted by Gasteiger charge is -2.31. The van der Waals surface area contributed by atoms with Gasteiger partial charge in [0.2, 0.25) is 5.91 Å². The lowest BCUT2D eigenvalue weighted by molar-refractivity contribution is -0.137. The number of nitrogens with zero attached hydrogens (tertiary/aromatic N) is 4. The molecule has 59 heavy (non-hydrogen) atoms. The molecule has 330 valence electrons. The van der Waals surface area contributed by atoms with Crippen LogP contribution < -0.4 is 4.74 Å². The van der Waals surface area contributed by atoms with Crippen LogP contribution in [0.1, 0.15) is 125 Å². The standard InChI is InChI=1S/C39H45F3N4O3.5C2H6/c1-4-44(5-2)23-24-45(25-29-9-14-30(15-10-29)31-16-18-32(19-17-31)39(40,41)42)37(47)27-46-26-33(43-38(48)35-7-6-8-36(35)46)20-11-28-12-21-34(49-3)22-13-28;5*1-2/h9-10,12-19,21-22H,4-8,11,20,23-27H2,1-3H3;5*1-2H3. The highest BCUT2D eigenvalue weighted by molar-refractivity contribution is 6.06. The summed E-state index contributed by atoms with van der Waals surface area (Å²) >= 11 is 0. The van der Waals surface area contributed by atoms with Crippen molar-refractivity contribution < 1.29 is 27.5 Å². The maximum Gasteiger partial charge on any atom is 0.416 e. The Balaban J connectivity index is 0.00000312. The smallest absolute Gasteiger partial charge is 0.416 e. The van der Waals surface area contributed by atoms with Crippen molar-refractivity contribution in [2.75, 3.05) is 46.4 Å². The summed E-state index contributed by atoms with van der Waals surface area (Å²) in [5.74, 6) is 0.581. The predicted molar refractivity (Wildman–Crippen MR) is 243 cm³/mol. The van der Waals surface area contributed by atoms with E-state index in [2.05, 4.69) is 28.6 Å². The lowest BCUT2D eigenvalue weighted by atomic mass is 10.0. The molecule has 0 fully saturated rings. The molecule has 0 radical (unpaired) electrons. The van der Waals surface area contributed by atoms with Gasteiger partial charge in [-0.15, -0.1) is 0 Å². The minimum atomic E-state index is -4.38. The van der Waals surface area contributed by atoms with Crippen molar-refractivity contribution >= 4 is 17.5 Å². The molecule has 10 heteroatoms. The second kappa shape index (κ2) is 30.6. The first kappa shape index (κ1) is 54.6. The van der Waals surface area contributed by atoms with Gasteiger partial charge in [-0.25, -0.2) is 4.99 Å². The molecule has 0 saturated heterocycles. The number of hydrogen-bond acceptors (Lipinski definition) is 5. The number of ether oxygens (including phenoxy) is 1. The SMILES string of the molecule is CC.CC.CC.CC.CC.CCN(CC)CCN(Cc1ccc(-c2ccc(C(F)(F)F)cc2)cc1)C(=O)CN1CC(CCc2ccc(OC)cc2)=NC(=O)C2=C1CCC2. The number of aryl methyl sites for hydroxylation is 1. The highest BCUT2D eigenvalue weighted by Crippen LogP contribution is 2.33. The van der Waals surface area contributed by atoms with Gasteiger partial charge >= 0.3 is 6.18 Å². The Hall–Kier alpha value is -4.44. The minimum absolute atomic E-state index is 0.0263. The second-order valence-corrected chi connectivity index (χ2v) is 12.6. The molecule has 0 bridgehead atoms. The fraction of sp³-hybridized carbons (Fsp3) is 0.531. The van der Waals surface area contributed by atoms with Crippen molar-refractivity contribution in [3.63, 3.8) is 0 Å². The van der Waals surface area contributed by atoms with E-state index in [0.29, 0.717) is 38.0 Å². The van der Waals surface area contributed by atoms with Crippen LogP contribution in [0.5, 0.6) is 5.75 Å². The summed E-state index contributed by atoms with van der Waals surface area (Å²) in [6, 6.07) is 20.6. The summed E-state index contributed by atoms with van der Waals surface area (Å²) in [4.78, 5) is 38.1. The molecule has 3 aromatic rings. The van der Waals surface area contributed by atoms with Crippen LogP contribution in [-0.2, 0) is 28.7 Å². The van der Waals surface area contributed by atoms with Gasteiger partial charge in [0.05, 0.1) is 25.8 Å². The summed E-state index contributed by atoms with van der Waals surface area (Å²) < 4.78 is 44.4. The molecule has 2 aliphatic rings. The monoisotopic (exact) mass is 825 g/mol. The number of aliphatic imine (C=N–C) groups is 1. The second-order valence-electron chi connectivity index (χ2n) is 12.6. The average Bonchev–Trinajstić information content (AvgIpc) is 3.75. The summed E-state index contributed by atoms with van der Waals surface area (Å²) in [6.45, 7) is 28.2. The van der Waals surface area contributed by atoms with Crippen LogP contribution in [-0.4, -0.2) is 78.6 Å². The Morgan fingerprint density at radius 1 is 0.729 bits per heavy atom. The number of halogens is 3. The molecule has 1 heterocycles. The molecule has 0 unspecified atom stereocenters. The third kappa shape index (κ3) is 17.8. The van der Waals surface area contributed by atoms with Gasteiger partial charge in [0.15, 0.2) is 0 Å². The van der Waals surface area contributed by atoms with Gasteiger partial charge in [-0.3, -0.25) is 9.59 Å². The van der Waals surface area contributed by atoms with Crippen molar-refractivity contribution in [3.8, 4) is 16.9 Å². The number of carbonyl (C=O) groups is 2. The number of alkyl halides is 3. The highest BCUT2D eigenvalue weighted by Gasteiger charge is 2.31. The van der Waals surface area contributed by atoms with Crippen LogP contribution in [0.25, 0.3) is 11.1 Å². The Morgan fingerprint density at radius 2 is 1.25 bits per heavy atom. The molecule has 0 atom stereocenters. The Kier molecular flexibility index (Phi) is 28.3.